The van der Waals surface area contributed by atoms with Crippen molar-refractivity contribution in [2.45, 2.75) is 0 Å². The highest BCUT2D eigenvalue weighted by Crippen LogP contribution is 2.22. The largest absolute Gasteiger partial charge is 0.264 e. The van der Waals surface area contributed by atoms with Gasteiger partial charge in [-0.05, 0) is 23.8 Å². The Balaban J connectivity index is 2.49. The maximum Gasteiger partial charge on any atom is 0.156 e. The van der Waals surface area contributed by atoms with E-state index in [0.29, 0.717) is 16.8 Å². The molecule has 0 aliphatic carbocycles. The molecule has 0 fully saturated rings. The Hall–Kier alpha value is -1.75. The lowest BCUT2D eigenvalue weighted by Gasteiger charge is -2.06. The Morgan fingerprint density at radius 1 is 1.18 bits per heavy atom. The summed E-state index contributed by atoms with van der Waals surface area (Å²) >= 11 is 0. The van der Waals surface area contributed by atoms with E-state index >= 15 is 0 Å². The topological polar surface area (TPSA) is 59.9 Å². The summed E-state index contributed by atoms with van der Waals surface area (Å²) in [4.78, 5) is 8.18. The van der Waals surface area contributed by atoms with Crippen molar-refractivity contribution in [1.82, 2.24) is 9.97 Å². The molecule has 2 aromatic rings. The Morgan fingerprint density at radius 2 is 2.00 bits per heavy atom. The fourth-order valence-corrected chi connectivity index (χ4v) is 2.14. The van der Waals surface area contributed by atoms with E-state index < -0.39 is 9.84 Å². The zero-order valence-corrected chi connectivity index (χ0v) is 10.1. The first-order chi connectivity index (χ1) is 8.06. The molecule has 0 aromatic carbocycles. The highest BCUT2D eigenvalue weighted by atomic mass is 32.2. The van der Waals surface area contributed by atoms with Crippen LogP contribution in [0.3, 0.4) is 0 Å². The zero-order chi connectivity index (χ0) is 12.3. The summed E-state index contributed by atoms with van der Waals surface area (Å²) in [7, 11) is -3.19. The molecule has 0 spiro atoms. The first-order valence-electron chi connectivity index (χ1n) is 4.96. The molecule has 4 nitrogen and oxygen atoms in total. The van der Waals surface area contributed by atoms with Crippen molar-refractivity contribution < 1.29 is 8.42 Å². The van der Waals surface area contributed by atoms with Gasteiger partial charge in [-0.3, -0.25) is 9.97 Å². The highest BCUT2D eigenvalue weighted by Gasteiger charge is 2.11. The summed E-state index contributed by atoms with van der Waals surface area (Å²) in [6, 6.07) is 7.13. The average Bonchev–Trinajstić information content (AvgIpc) is 2.29. The van der Waals surface area contributed by atoms with E-state index in [1.807, 2.05) is 12.1 Å². The molecule has 0 aliphatic rings. The van der Waals surface area contributed by atoms with Crippen LogP contribution in [-0.2, 0) is 9.84 Å². The van der Waals surface area contributed by atoms with Crippen molar-refractivity contribution in [2.24, 2.45) is 0 Å². The minimum Gasteiger partial charge on any atom is -0.264 e. The van der Waals surface area contributed by atoms with Gasteiger partial charge in [0.25, 0.3) is 0 Å². The summed E-state index contributed by atoms with van der Waals surface area (Å²) < 4.78 is 22.6. The lowest BCUT2D eigenvalue weighted by atomic mass is 10.1. The second kappa shape index (κ2) is 4.63. The van der Waals surface area contributed by atoms with Crippen LogP contribution in [-0.4, -0.2) is 24.6 Å². The SMILES string of the molecule is CS(=O)(=O)[CH]c1ccncc1-c1ccccn1. The number of pyridine rings is 2. The number of sulfone groups is 1. The maximum atomic E-state index is 11.3. The Bertz CT molecular complexity index is 609. The summed E-state index contributed by atoms with van der Waals surface area (Å²) in [6.07, 6.45) is 5.99. The standard InChI is InChI=1S/C12H11N2O2S/c1-17(15,16)9-10-5-7-13-8-11(10)12-4-2-3-6-14-12/h2-9H,1H3. The van der Waals surface area contributed by atoms with E-state index in [2.05, 4.69) is 9.97 Å². The molecule has 2 aromatic heterocycles. The molecule has 87 valence electrons. The van der Waals surface area contributed by atoms with Crippen LogP contribution in [0.2, 0.25) is 0 Å². The summed E-state index contributed by atoms with van der Waals surface area (Å²) in [5.74, 6) is 1.22. The number of hydrogen-bond donors (Lipinski definition) is 0. The van der Waals surface area contributed by atoms with Crippen LogP contribution in [0, 0.1) is 5.75 Å². The second-order valence-corrected chi connectivity index (χ2v) is 5.52. The van der Waals surface area contributed by atoms with Crippen molar-refractivity contribution in [3.8, 4) is 11.3 Å². The second-order valence-electron chi connectivity index (χ2n) is 3.63. The van der Waals surface area contributed by atoms with Gasteiger partial charge in [0.15, 0.2) is 9.84 Å². The van der Waals surface area contributed by atoms with Crippen molar-refractivity contribution >= 4 is 9.84 Å². The van der Waals surface area contributed by atoms with Gasteiger partial charge in [-0.15, -0.1) is 0 Å². The molecule has 0 saturated carbocycles. The van der Waals surface area contributed by atoms with Crippen LogP contribution in [0.15, 0.2) is 42.9 Å². The third-order valence-corrected chi connectivity index (χ3v) is 2.82. The highest BCUT2D eigenvalue weighted by molar-refractivity contribution is 7.92. The Labute approximate surface area is 100 Å². The average molecular weight is 247 g/mol. The van der Waals surface area contributed by atoms with E-state index in [9.17, 15) is 8.42 Å². The van der Waals surface area contributed by atoms with E-state index in [1.165, 1.54) is 5.75 Å². The lowest BCUT2D eigenvalue weighted by molar-refractivity contribution is 0.608. The summed E-state index contributed by atoms with van der Waals surface area (Å²) in [5.41, 5.74) is 2.01. The molecule has 2 rings (SSSR count). The Morgan fingerprint density at radius 3 is 2.65 bits per heavy atom. The molecule has 0 N–H and O–H groups in total. The predicted octanol–water partition coefficient (Wildman–Crippen LogP) is 1.70. The fraction of sp³-hybridized carbons (Fsp3) is 0.0833. The molecular weight excluding hydrogens is 236 g/mol. The molecular formula is C12H11N2O2S. The van der Waals surface area contributed by atoms with Crippen LogP contribution in [0.25, 0.3) is 11.3 Å². The van der Waals surface area contributed by atoms with Gasteiger partial charge in [-0.25, -0.2) is 8.42 Å². The van der Waals surface area contributed by atoms with Gasteiger partial charge >= 0.3 is 0 Å². The molecule has 0 bridgehead atoms. The van der Waals surface area contributed by atoms with Crippen molar-refractivity contribution in [2.75, 3.05) is 6.26 Å². The summed E-state index contributed by atoms with van der Waals surface area (Å²) in [6.45, 7) is 0. The van der Waals surface area contributed by atoms with E-state index in [-0.39, 0.29) is 0 Å². The first kappa shape index (κ1) is 11.7. The third kappa shape index (κ3) is 3.10. The molecule has 0 atom stereocenters. The van der Waals surface area contributed by atoms with Gasteiger partial charge < -0.3 is 0 Å². The third-order valence-electron chi connectivity index (χ3n) is 2.14. The smallest absolute Gasteiger partial charge is 0.156 e. The van der Waals surface area contributed by atoms with Gasteiger partial charge in [0.05, 0.1) is 5.69 Å². The van der Waals surface area contributed by atoms with Crippen molar-refractivity contribution in [3.05, 3.63) is 54.2 Å². The molecule has 0 aliphatic heterocycles. The van der Waals surface area contributed by atoms with Gasteiger partial charge in [-0.2, -0.15) is 0 Å². The fourth-order valence-electron chi connectivity index (χ4n) is 1.47. The first-order valence-corrected chi connectivity index (χ1v) is 6.92. The van der Waals surface area contributed by atoms with Gasteiger partial charge in [0.1, 0.15) is 5.75 Å². The van der Waals surface area contributed by atoms with Crippen LogP contribution in [0.5, 0.6) is 0 Å². The molecule has 17 heavy (non-hydrogen) atoms. The van der Waals surface area contributed by atoms with Crippen LogP contribution in [0.4, 0.5) is 0 Å². The molecule has 2 heterocycles. The molecule has 1 radical (unpaired) electrons. The van der Waals surface area contributed by atoms with E-state index in [0.717, 1.165) is 6.26 Å². The normalized spacial score (nSPS) is 11.4. The molecule has 0 unspecified atom stereocenters. The number of aromatic nitrogens is 2. The van der Waals surface area contributed by atoms with Crippen LogP contribution in [0.1, 0.15) is 5.56 Å². The molecule has 5 heteroatoms. The monoisotopic (exact) mass is 247 g/mol. The van der Waals surface area contributed by atoms with Gasteiger partial charge in [-0.1, -0.05) is 6.07 Å². The maximum absolute atomic E-state index is 11.3. The predicted molar refractivity (Wildman–Crippen MR) is 65.7 cm³/mol. The number of hydrogen-bond acceptors (Lipinski definition) is 4. The quantitative estimate of drug-likeness (QED) is 0.828. The number of nitrogens with zero attached hydrogens (tertiary/aromatic N) is 2. The zero-order valence-electron chi connectivity index (χ0n) is 9.24. The van der Waals surface area contributed by atoms with Crippen LogP contribution >= 0.6 is 0 Å². The van der Waals surface area contributed by atoms with E-state index in [1.54, 1.807) is 30.7 Å². The van der Waals surface area contributed by atoms with Gasteiger partial charge in [0.2, 0.25) is 0 Å². The molecule has 0 saturated heterocycles. The lowest BCUT2D eigenvalue weighted by Crippen LogP contribution is -2.00. The molecule has 0 amide bonds. The number of rotatable bonds is 3. The van der Waals surface area contributed by atoms with Crippen LogP contribution < -0.4 is 0 Å². The minimum absolute atomic E-state index is 0.598. The van der Waals surface area contributed by atoms with Gasteiger partial charge in [0, 0.05) is 30.4 Å². The summed E-state index contributed by atoms with van der Waals surface area (Å²) in [5, 5.41) is 0. The van der Waals surface area contributed by atoms with Crippen molar-refractivity contribution in [1.29, 1.82) is 0 Å². The minimum atomic E-state index is -3.19. The van der Waals surface area contributed by atoms with E-state index in [4.69, 9.17) is 0 Å². The van der Waals surface area contributed by atoms with Crippen molar-refractivity contribution in [3.63, 3.8) is 0 Å². The Kier molecular flexibility index (Phi) is 3.19.